The summed E-state index contributed by atoms with van der Waals surface area (Å²) in [6, 6.07) is 6.15. The van der Waals surface area contributed by atoms with Crippen molar-refractivity contribution < 1.29 is 0 Å². The van der Waals surface area contributed by atoms with Gasteiger partial charge in [-0.25, -0.2) is 0 Å². The summed E-state index contributed by atoms with van der Waals surface area (Å²) in [7, 11) is 0. The lowest BCUT2D eigenvalue weighted by atomic mass is 9.94. The Labute approximate surface area is 84.1 Å². The van der Waals surface area contributed by atoms with Crippen LogP contribution in [0.2, 0.25) is 0 Å². The lowest BCUT2D eigenvalue weighted by Crippen LogP contribution is -2.08. The Morgan fingerprint density at radius 2 is 2.31 bits per heavy atom. The summed E-state index contributed by atoms with van der Waals surface area (Å²) in [5, 5.41) is 0. The molecule has 1 heterocycles. The Balaban J connectivity index is 2.16. The fourth-order valence-electron chi connectivity index (χ4n) is 2.21. The van der Waals surface area contributed by atoms with Crippen LogP contribution < -0.4 is 0 Å². The second-order valence-electron chi connectivity index (χ2n) is 3.71. The molecule has 2 heteroatoms. The third-order valence-electron chi connectivity index (χ3n) is 2.92. The molecule has 1 saturated carbocycles. The van der Waals surface area contributed by atoms with Crippen LogP contribution in [0, 0.1) is 5.92 Å². The minimum Gasteiger partial charge on any atom is -0.261 e. The van der Waals surface area contributed by atoms with Crippen molar-refractivity contribution in [2.24, 2.45) is 5.92 Å². The van der Waals surface area contributed by atoms with Crippen molar-refractivity contribution in [2.75, 3.05) is 5.88 Å². The quantitative estimate of drug-likeness (QED) is 0.661. The average molecular weight is 196 g/mol. The second kappa shape index (κ2) is 4.10. The molecule has 1 aliphatic rings. The fraction of sp³-hybridized carbons (Fsp3) is 0.545. The van der Waals surface area contributed by atoms with Crippen LogP contribution in [0.3, 0.4) is 0 Å². The smallest absolute Gasteiger partial charge is 0.0437 e. The van der Waals surface area contributed by atoms with E-state index in [1.165, 1.54) is 25.0 Å². The molecule has 2 atom stereocenters. The van der Waals surface area contributed by atoms with Gasteiger partial charge in [0.15, 0.2) is 0 Å². The number of rotatable bonds is 2. The van der Waals surface area contributed by atoms with Gasteiger partial charge in [0.1, 0.15) is 0 Å². The van der Waals surface area contributed by atoms with Gasteiger partial charge < -0.3 is 0 Å². The minimum atomic E-state index is 0.610. The van der Waals surface area contributed by atoms with Crippen molar-refractivity contribution in [3.05, 3.63) is 30.1 Å². The number of nitrogens with zero attached hydrogens (tertiary/aromatic N) is 1. The number of aromatic nitrogens is 1. The van der Waals surface area contributed by atoms with E-state index in [0.717, 1.165) is 5.88 Å². The zero-order valence-corrected chi connectivity index (χ0v) is 8.37. The average Bonchev–Trinajstić information content (AvgIpc) is 2.67. The first kappa shape index (κ1) is 9.01. The molecule has 1 aliphatic carbocycles. The summed E-state index contributed by atoms with van der Waals surface area (Å²) in [5.74, 6) is 2.04. The summed E-state index contributed by atoms with van der Waals surface area (Å²) >= 11 is 5.92. The van der Waals surface area contributed by atoms with E-state index in [-0.39, 0.29) is 0 Å². The Kier molecular flexibility index (Phi) is 2.84. The van der Waals surface area contributed by atoms with E-state index in [4.69, 9.17) is 11.6 Å². The van der Waals surface area contributed by atoms with Crippen LogP contribution in [0.4, 0.5) is 0 Å². The molecule has 1 aromatic rings. The van der Waals surface area contributed by atoms with Gasteiger partial charge in [-0.1, -0.05) is 12.5 Å². The maximum absolute atomic E-state index is 5.92. The van der Waals surface area contributed by atoms with Gasteiger partial charge in [-0.3, -0.25) is 4.98 Å². The Bertz CT molecular complexity index is 260. The zero-order chi connectivity index (χ0) is 9.10. The monoisotopic (exact) mass is 195 g/mol. The van der Waals surface area contributed by atoms with E-state index in [1.54, 1.807) is 0 Å². The standard InChI is InChI=1S/C11H14ClN/c12-8-9-4-3-5-10(9)11-6-1-2-7-13-11/h1-2,6-7,9-10H,3-5,8H2. The molecular formula is C11H14ClN. The maximum Gasteiger partial charge on any atom is 0.0437 e. The van der Waals surface area contributed by atoms with Gasteiger partial charge in [0.2, 0.25) is 0 Å². The van der Waals surface area contributed by atoms with E-state index < -0.39 is 0 Å². The molecule has 0 aromatic carbocycles. The summed E-state index contributed by atoms with van der Waals surface area (Å²) in [5.41, 5.74) is 1.23. The zero-order valence-electron chi connectivity index (χ0n) is 7.62. The summed E-state index contributed by atoms with van der Waals surface area (Å²) in [6.07, 6.45) is 5.71. The van der Waals surface area contributed by atoms with Gasteiger partial charge in [-0.2, -0.15) is 0 Å². The lowest BCUT2D eigenvalue weighted by Gasteiger charge is -2.15. The number of hydrogen-bond acceptors (Lipinski definition) is 1. The highest BCUT2D eigenvalue weighted by atomic mass is 35.5. The highest BCUT2D eigenvalue weighted by Crippen LogP contribution is 2.39. The van der Waals surface area contributed by atoms with Crippen LogP contribution in [-0.2, 0) is 0 Å². The normalized spacial score (nSPS) is 27.8. The fourth-order valence-corrected chi connectivity index (χ4v) is 2.58. The summed E-state index contributed by atoms with van der Waals surface area (Å²) in [4.78, 5) is 4.40. The first-order valence-corrected chi connectivity index (χ1v) is 5.42. The predicted octanol–water partition coefficient (Wildman–Crippen LogP) is 3.20. The third-order valence-corrected chi connectivity index (χ3v) is 3.32. The second-order valence-corrected chi connectivity index (χ2v) is 4.01. The van der Waals surface area contributed by atoms with E-state index in [0.29, 0.717) is 11.8 Å². The maximum atomic E-state index is 5.92. The van der Waals surface area contributed by atoms with Crippen molar-refractivity contribution in [3.63, 3.8) is 0 Å². The van der Waals surface area contributed by atoms with Gasteiger partial charge in [-0.15, -0.1) is 11.6 Å². The van der Waals surface area contributed by atoms with Gasteiger partial charge in [-0.05, 0) is 30.9 Å². The molecule has 2 rings (SSSR count). The number of pyridine rings is 1. The third kappa shape index (κ3) is 1.86. The number of alkyl halides is 1. The van der Waals surface area contributed by atoms with E-state index in [9.17, 15) is 0 Å². The van der Waals surface area contributed by atoms with E-state index >= 15 is 0 Å². The van der Waals surface area contributed by atoms with Gasteiger partial charge in [0.05, 0.1) is 0 Å². The van der Waals surface area contributed by atoms with E-state index in [2.05, 4.69) is 17.1 Å². The SMILES string of the molecule is ClCC1CCCC1c1ccccn1. The molecular weight excluding hydrogens is 182 g/mol. The molecule has 1 nitrogen and oxygen atoms in total. The Morgan fingerprint density at radius 1 is 1.38 bits per heavy atom. The molecule has 0 saturated heterocycles. The predicted molar refractivity (Wildman–Crippen MR) is 55.0 cm³/mol. The topological polar surface area (TPSA) is 12.9 Å². The molecule has 0 bridgehead atoms. The molecule has 0 aliphatic heterocycles. The van der Waals surface area contributed by atoms with Crippen LogP contribution in [0.1, 0.15) is 30.9 Å². The van der Waals surface area contributed by atoms with Crippen molar-refractivity contribution >= 4 is 11.6 Å². The minimum absolute atomic E-state index is 0.610. The number of halogens is 1. The molecule has 2 unspecified atom stereocenters. The molecule has 70 valence electrons. The van der Waals surface area contributed by atoms with Crippen molar-refractivity contribution in [2.45, 2.75) is 25.2 Å². The highest BCUT2D eigenvalue weighted by Gasteiger charge is 2.28. The van der Waals surface area contributed by atoms with Gasteiger partial charge in [0.25, 0.3) is 0 Å². The molecule has 0 N–H and O–H groups in total. The van der Waals surface area contributed by atoms with Crippen LogP contribution in [0.5, 0.6) is 0 Å². The Hall–Kier alpha value is -0.560. The largest absolute Gasteiger partial charge is 0.261 e. The van der Waals surface area contributed by atoms with Gasteiger partial charge >= 0.3 is 0 Å². The lowest BCUT2D eigenvalue weighted by molar-refractivity contribution is 0.528. The molecule has 1 aromatic heterocycles. The highest BCUT2D eigenvalue weighted by molar-refractivity contribution is 6.18. The Morgan fingerprint density at radius 3 is 3.00 bits per heavy atom. The first-order chi connectivity index (χ1) is 6.42. The molecule has 0 spiro atoms. The van der Waals surface area contributed by atoms with Crippen LogP contribution in [0.15, 0.2) is 24.4 Å². The summed E-state index contributed by atoms with van der Waals surface area (Å²) < 4.78 is 0. The molecule has 1 fully saturated rings. The van der Waals surface area contributed by atoms with Crippen molar-refractivity contribution in [3.8, 4) is 0 Å². The number of hydrogen-bond donors (Lipinski definition) is 0. The molecule has 13 heavy (non-hydrogen) atoms. The first-order valence-electron chi connectivity index (χ1n) is 4.88. The van der Waals surface area contributed by atoms with Crippen LogP contribution >= 0.6 is 11.6 Å². The van der Waals surface area contributed by atoms with Gasteiger partial charge in [0, 0.05) is 23.7 Å². The van der Waals surface area contributed by atoms with Crippen molar-refractivity contribution in [1.29, 1.82) is 0 Å². The summed E-state index contributed by atoms with van der Waals surface area (Å²) in [6.45, 7) is 0. The van der Waals surface area contributed by atoms with E-state index in [1.807, 2.05) is 12.3 Å². The van der Waals surface area contributed by atoms with Crippen LogP contribution in [-0.4, -0.2) is 10.9 Å². The molecule has 0 radical (unpaired) electrons. The van der Waals surface area contributed by atoms with Crippen molar-refractivity contribution in [1.82, 2.24) is 4.98 Å². The van der Waals surface area contributed by atoms with Crippen LogP contribution in [0.25, 0.3) is 0 Å². The molecule has 0 amide bonds.